The monoisotopic (exact) mass is 269 g/mol. The van der Waals surface area contributed by atoms with E-state index in [0.717, 1.165) is 38.7 Å². The van der Waals surface area contributed by atoms with Gasteiger partial charge in [0, 0.05) is 18.6 Å². The lowest BCUT2D eigenvalue weighted by Gasteiger charge is -2.43. The molecule has 3 unspecified atom stereocenters. The molecule has 0 radical (unpaired) electrons. The average Bonchev–Trinajstić information content (AvgIpc) is 2.73. The first kappa shape index (κ1) is 15.3. The minimum atomic E-state index is -0.613. The summed E-state index contributed by atoms with van der Waals surface area (Å²) >= 11 is 0. The van der Waals surface area contributed by atoms with Crippen molar-refractivity contribution in [1.29, 1.82) is 0 Å². The Kier molecular flexibility index (Phi) is 4.29. The number of rotatable bonds is 2. The van der Waals surface area contributed by atoms with E-state index in [-0.39, 0.29) is 5.41 Å². The molecule has 112 valence electrons. The third kappa shape index (κ3) is 2.84. The molecule has 0 bridgehead atoms. The number of ether oxygens (including phenoxy) is 1. The Hall–Kier alpha value is -0.120. The van der Waals surface area contributed by atoms with Gasteiger partial charge in [-0.05, 0) is 43.4 Å². The van der Waals surface area contributed by atoms with Crippen molar-refractivity contribution in [2.75, 3.05) is 19.8 Å². The van der Waals surface area contributed by atoms with Gasteiger partial charge < -0.3 is 15.6 Å². The summed E-state index contributed by atoms with van der Waals surface area (Å²) in [6.07, 6.45) is 6.14. The molecule has 1 aliphatic carbocycles. The predicted molar refractivity (Wildman–Crippen MR) is 77.9 cm³/mol. The smallest absolute Gasteiger partial charge is 0.0738 e. The van der Waals surface area contributed by atoms with E-state index in [1.165, 1.54) is 6.42 Å². The van der Waals surface area contributed by atoms with Crippen molar-refractivity contribution in [2.24, 2.45) is 22.5 Å². The van der Waals surface area contributed by atoms with Crippen LogP contribution in [0.5, 0.6) is 0 Å². The number of hydrogen-bond donors (Lipinski definition) is 2. The van der Waals surface area contributed by atoms with Gasteiger partial charge in [0.1, 0.15) is 0 Å². The lowest BCUT2D eigenvalue weighted by molar-refractivity contribution is -0.0945. The van der Waals surface area contributed by atoms with Crippen LogP contribution in [0.25, 0.3) is 0 Å². The zero-order valence-electron chi connectivity index (χ0n) is 12.9. The maximum absolute atomic E-state index is 11.2. The summed E-state index contributed by atoms with van der Waals surface area (Å²) in [5, 5.41) is 11.2. The number of hydrogen-bond acceptors (Lipinski definition) is 3. The van der Waals surface area contributed by atoms with Gasteiger partial charge in [0.25, 0.3) is 0 Å². The zero-order valence-corrected chi connectivity index (χ0v) is 12.9. The summed E-state index contributed by atoms with van der Waals surface area (Å²) in [6.45, 7) is 8.89. The molecule has 1 saturated heterocycles. The number of aliphatic hydroxyl groups is 1. The molecule has 3 heteroatoms. The zero-order chi connectivity index (χ0) is 14.1. The molecule has 3 N–H and O–H groups in total. The van der Waals surface area contributed by atoms with E-state index >= 15 is 0 Å². The standard InChI is InChI=1S/C16H31NO2/c1-14(2,3)13-5-4-7-16(18,8-6-13)15(11-17)9-10-19-12-15/h13,18H,4-12,17H2,1-3H3. The molecule has 0 spiro atoms. The van der Waals surface area contributed by atoms with Crippen LogP contribution in [0.1, 0.15) is 59.3 Å². The summed E-state index contributed by atoms with van der Waals surface area (Å²) in [6, 6.07) is 0. The molecule has 0 aromatic carbocycles. The van der Waals surface area contributed by atoms with Crippen molar-refractivity contribution in [2.45, 2.75) is 64.9 Å². The first-order chi connectivity index (χ1) is 8.83. The van der Waals surface area contributed by atoms with Gasteiger partial charge in [-0.2, -0.15) is 0 Å². The van der Waals surface area contributed by atoms with Gasteiger partial charge in [-0.25, -0.2) is 0 Å². The van der Waals surface area contributed by atoms with E-state index in [1.54, 1.807) is 0 Å². The van der Waals surface area contributed by atoms with Crippen molar-refractivity contribution in [3.8, 4) is 0 Å². The highest BCUT2D eigenvalue weighted by atomic mass is 16.5. The summed E-state index contributed by atoms with van der Waals surface area (Å²) in [5.41, 5.74) is 5.55. The molecule has 0 aromatic rings. The summed E-state index contributed by atoms with van der Waals surface area (Å²) < 4.78 is 5.56. The van der Waals surface area contributed by atoms with Crippen LogP contribution >= 0.6 is 0 Å². The van der Waals surface area contributed by atoms with Gasteiger partial charge in [-0.3, -0.25) is 0 Å². The van der Waals surface area contributed by atoms with E-state index in [1.807, 2.05) is 0 Å². The van der Waals surface area contributed by atoms with Gasteiger partial charge in [0.05, 0.1) is 12.2 Å². The van der Waals surface area contributed by atoms with Crippen LogP contribution < -0.4 is 5.73 Å². The predicted octanol–water partition coefficient (Wildman–Crippen LogP) is 2.71. The van der Waals surface area contributed by atoms with Crippen LogP contribution in [-0.4, -0.2) is 30.5 Å². The molecule has 2 rings (SSSR count). The molecule has 1 saturated carbocycles. The molecule has 1 heterocycles. The van der Waals surface area contributed by atoms with Gasteiger partial charge in [-0.15, -0.1) is 0 Å². The second kappa shape index (κ2) is 5.34. The minimum absolute atomic E-state index is 0.195. The average molecular weight is 269 g/mol. The van der Waals surface area contributed by atoms with Gasteiger partial charge in [0.2, 0.25) is 0 Å². The van der Waals surface area contributed by atoms with Crippen LogP contribution in [0.4, 0.5) is 0 Å². The van der Waals surface area contributed by atoms with Crippen molar-refractivity contribution in [3.05, 3.63) is 0 Å². The van der Waals surface area contributed by atoms with Crippen LogP contribution in [0.3, 0.4) is 0 Å². The van der Waals surface area contributed by atoms with E-state index in [2.05, 4.69) is 20.8 Å². The topological polar surface area (TPSA) is 55.5 Å². The molecule has 1 aliphatic heterocycles. The van der Waals surface area contributed by atoms with Gasteiger partial charge in [-0.1, -0.05) is 27.2 Å². The molecule has 3 nitrogen and oxygen atoms in total. The van der Waals surface area contributed by atoms with Crippen LogP contribution in [0, 0.1) is 16.7 Å². The lowest BCUT2D eigenvalue weighted by Crippen LogP contribution is -2.53. The fourth-order valence-corrected chi connectivity index (χ4v) is 4.04. The van der Waals surface area contributed by atoms with Crippen LogP contribution in [0.15, 0.2) is 0 Å². The van der Waals surface area contributed by atoms with Crippen molar-refractivity contribution < 1.29 is 9.84 Å². The van der Waals surface area contributed by atoms with Crippen LogP contribution in [-0.2, 0) is 4.74 Å². The molecular weight excluding hydrogens is 238 g/mol. The third-order valence-corrected chi connectivity index (χ3v) is 5.76. The molecule has 19 heavy (non-hydrogen) atoms. The molecule has 0 aromatic heterocycles. The Labute approximate surface area is 117 Å². The molecule has 3 atom stereocenters. The van der Waals surface area contributed by atoms with Crippen molar-refractivity contribution in [3.63, 3.8) is 0 Å². The summed E-state index contributed by atoms with van der Waals surface area (Å²) in [7, 11) is 0. The summed E-state index contributed by atoms with van der Waals surface area (Å²) in [4.78, 5) is 0. The first-order valence-corrected chi connectivity index (χ1v) is 7.83. The van der Waals surface area contributed by atoms with Crippen molar-refractivity contribution >= 4 is 0 Å². The van der Waals surface area contributed by atoms with Crippen LogP contribution in [0.2, 0.25) is 0 Å². The second-order valence-corrected chi connectivity index (χ2v) is 7.81. The second-order valence-electron chi connectivity index (χ2n) is 7.81. The van der Waals surface area contributed by atoms with Gasteiger partial charge in [0.15, 0.2) is 0 Å². The highest BCUT2D eigenvalue weighted by Gasteiger charge is 2.52. The van der Waals surface area contributed by atoms with E-state index in [0.29, 0.717) is 24.5 Å². The summed E-state index contributed by atoms with van der Waals surface area (Å²) in [5.74, 6) is 0.707. The van der Waals surface area contributed by atoms with Gasteiger partial charge >= 0.3 is 0 Å². The molecular formula is C16H31NO2. The van der Waals surface area contributed by atoms with E-state index in [4.69, 9.17) is 10.5 Å². The largest absolute Gasteiger partial charge is 0.389 e. The fourth-order valence-electron chi connectivity index (χ4n) is 4.04. The quantitative estimate of drug-likeness (QED) is 0.758. The maximum atomic E-state index is 11.2. The normalized spacial score (nSPS) is 41.2. The SMILES string of the molecule is CC(C)(C)C1CCCC(O)(C2(CN)CCOC2)CC1. The maximum Gasteiger partial charge on any atom is 0.0738 e. The number of nitrogens with two attached hydrogens (primary N) is 1. The van der Waals surface area contributed by atoms with E-state index < -0.39 is 5.60 Å². The third-order valence-electron chi connectivity index (χ3n) is 5.76. The molecule has 2 fully saturated rings. The molecule has 2 aliphatic rings. The Bertz CT molecular complexity index is 304. The highest BCUT2D eigenvalue weighted by Crippen LogP contribution is 2.49. The Balaban J connectivity index is 2.12. The fraction of sp³-hybridized carbons (Fsp3) is 1.00. The molecule has 0 amide bonds. The Morgan fingerprint density at radius 3 is 2.47 bits per heavy atom. The minimum Gasteiger partial charge on any atom is -0.389 e. The Morgan fingerprint density at radius 1 is 1.21 bits per heavy atom. The van der Waals surface area contributed by atoms with E-state index in [9.17, 15) is 5.11 Å². The highest BCUT2D eigenvalue weighted by molar-refractivity contribution is 5.03. The van der Waals surface area contributed by atoms with Crippen molar-refractivity contribution in [1.82, 2.24) is 0 Å². The first-order valence-electron chi connectivity index (χ1n) is 7.83. The lowest BCUT2D eigenvalue weighted by atomic mass is 9.67. The Morgan fingerprint density at radius 2 is 1.95 bits per heavy atom.